The van der Waals surface area contributed by atoms with Gasteiger partial charge in [0.1, 0.15) is 6.04 Å². The number of hydrogen-bond acceptors (Lipinski definition) is 3. The Balaban J connectivity index is 0. The van der Waals surface area contributed by atoms with Gasteiger partial charge in [0.2, 0.25) is 0 Å². The molecule has 4 heteroatoms. The maximum absolute atomic E-state index is 11.7. The SMILES string of the molecule is CCCCCCCCCCCCCCCCOC(=O)[C@@H](N)[C@@H](C)CC.[NaH]. The van der Waals surface area contributed by atoms with E-state index in [0.29, 0.717) is 6.61 Å². The summed E-state index contributed by atoms with van der Waals surface area (Å²) >= 11 is 0. The number of ether oxygens (including phenoxy) is 1. The average Bonchev–Trinajstić information content (AvgIpc) is 2.63. The van der Waals surface area contributed by atoms with E-state index in [2.05, 4.69) is 6.92 Å². The van der Waals surface area contributed by atoms with Crippen LogP contribution in [0.4, 0.5) is 0 Å². The van der Waals surface area contributed by atoms with Crippen molar-refractivity contribution >= 4 is 35.5 Å². The molecule has 0 unspecified atom stereocenters. The fourth-order valence-corrected chi connectivity index (χ4v) is 3.05. The second-order valence-electron chi connectivity index (χ2n) is 7.68. The second-order valence-corrected chi connectivity index (χ2v) is 7.68. The summed E-state index contributed by atoms with van der Waals surface area (Å²) in [4.78, 5) is 11.7. The van der Waals surface area contributed by atoms with Crippen molar-refractivity contribution in [3.8, 4) is 0 Å². The third kappa shape index (κ3) is 17.8. The molecule has 0 aromatic rings. The van der Waals surface area contributed by atoms with E-state index in [9.17, 15) is 4.79 Å². The number of nitrogens with two attached hydrogens (primary N) is 1. The van der Waals surface area contributed by atoms with Crippen LogP contribution in [0.2, 0.25) is 0 Å². The van der Waals surface area contributed by atoms with Crippen molar-refractivity contribution in [3.63, 3.8) is 0 Å². The molecular weight excluding hydrogens is 333 g/mol. The van der Waals surface area contributed by atoms with Crippen LogP contribution < -0.4 is 5.73 Å². The van der Waals surface area contributed by atoms with Gasteiger partial charge >= 0.3 is 35.5 Å². The predicted octanol–water partition coefficient (Wildman–Crippen LogP) is 5.74. The molecule has 0 heterocycles. The van der Waals surface area contributed by atoms with Crippen LogP contribution in [0.1, 0.15) is 117 Å². The fourth-order valence-electron chi connectivity index (χ4n) is 3.05. The van der Waals surface area contributed by atoms with E-state index in [0.717, 1.165) is 19.3 Å². The van der Waals surface area contributed by atoms with Gasteiger partial charge in [0, 0.05) is 0 Å². The molecular formula is C22H46NNaO2. The molecule has 2 N–H and O–H groups in total. The third-order valence-corrected chi connectivity index (χ3v) is 5.27. The molecule has 0 bridgehead atoms. The van der Waals surface area contributed by atoms with Crippen molar-refractivity contribution in [2.45, 2.75) is 123 Å². The van der Waals surface area contributed by atoms with Crippen molar-refractivity contribution in [2.24, 2.45) is 11.7 Å². The molecule has 0 radical (unpaired) electrons. The summed E-state index contributed by atoms with van der Waals surface area (Å²) < 4.78 is 5.27. The van der Waals surface area contributed by atoms with E-state index in [-0.39, 0.29) is 41.4 Å². The van der Waals surface area contributed by atoms with E-state index in [4.69, 9.17) is 10.5 Å². The van der Waals surface area contributed by atoms with Gasteiger partial charge in [-0.3, -0.25) is 4.79 Å². The van der Waals surface area contributed by atoms with Gasteiger partial charge in [0.15, 0.2) is 0 Å². The van der Waals surface area contributed by atoms with E-state index < -0.39 is 6.04 Å². The molecule has 0 saturated carbocycles. The first-order valence-electron chi connectivity index (χ1n) is 11.1. The first-order valence-corrected chi connectivity index (χ1v) is 11.1. The quantitative estimate of drug-likeness (QED) is 0.188. The molecule has 0 aliphatic carbocycles. The fraction of sp³-hybridized carbons (Fsp3) is 0.955. The van der Waals surface area contributed by atoms with E-state index in [1.165, 1.54) is 77.0 Å². The summed E-state index contributed by atoms with van der Waals surface area (Å²) in [5.74, 6) is -0.0344. The van der Waals surface area contributed by atoms with Gasteiger partial charge < -0.3 is 10.5 Å². The van der Waals surface area contributed by atoms with Crippen molar-refractivity contribution < 1.29 is 9.53 Å². The Labute approximate surface area is 185 Å². The molecule has 0 aliphatic rings. The molecule has 0 rings (SSSR count). The van der Waals surface area contributed by atoms with Crippen molar-refractivity contribution in [3.05, 3.63) is 0 Å². The number of carbonyl (C=O) groups is 1. The molecule has 0 fully saturated rings. The summed E-state index contributed by atoms with van der Waals surface area (Å²) in [5, 5.41) is 0. The van der Waals surface area contributed by atoms with Gasteiger partial charge in [-0.25, -0.2) is 0 Å². The van der Waals surface area contributed by atoms with Crippen molar-refractivity contribution in [1.82, 2.24) is 0 Å². The summed E-state index contributed by atoms with van der Waals surface area (Å²) in [7, 11) is 0. The van der Waals surface area contributed by atoms with Gasteiger partial charge in [-0.1, -0.05) is 111 Å². The normalized spacial score (nSPS) is 13.1. The summed E-state index contributed by atoms with van der Waals surface area (Å²) in [5.41, 5.74) is 5.86. The Bertz CT molecular complexity index is 300. The minimum atomic E-state index is -0.461. The summed E-state index contributed by atoms with van der Waals surface area (Å²) in [6.45, 7) is 6.85. The minimum absolute atomic E-state index is 0. The molecule has 152 valence electrons. The monoisotopic (exact) mass is 379 g/mol. The molecule has 3 nitrogen and oxygen atoms in total. The zero-order valence-corrected chi connectivity index (χ0v) is 17.4. The van der Waals surface area contributed by atoms with Crippen LogP contribution in [-0.2, 0) is 9.53 Å². The zero-order chi connectivity index (χ0) is 18.8. The molecule has 0 saturated heterocycles. The molecule has 0 aliphatic heterocycles. The number of unbranched alkanes of at least 4 members (excludes halogenated alkanes) is 13. The van der Waals surface area contributed by atoms with Crippen LogP contribution in [0, 0.1) is 5.92 Å². The number of hydrogen-bond donors (Lipinski definition) is 1. The van der Waals surface area contributed by atoms with Gasteiger partial charge in [-0.15, -0.1) is 0 Å². The van der Waals surface area contributed by atoms with Crippen LogP contribution in [0.25, 0.3) is 0 Å². The Morgan fingerprint density at radius 2 is 1.15 bits per heavy atom. The Morgan fingerprint density at radius 3 is 1.54 bits per heavy atom. The van der Waals surface area contributed by atoms with E-state index in [1.807, 2.05) is 13.8 Å². The van der Waals surface area contributed by atoms with Gasteiger partial charge in [0.05, 0.1) is 6.61 Å². The van der Waals surface area contributed by atoms with Gasteiger partial charge in [-0.2, -0.15) is 0 Å². The van der Waals surface area contributed by atoms with Gasteiger partial charge in [-0.05, 0) is 12.3 Å². The van der Waals surface area contributed by atoms with Crippen LogP contribution >= 0.6 is 0 Å². The van der Waals surface area contributed by atoms with E-state index >= 15 is 0 Å². The topological polar surface area (TPSA) is 52.3 Å². The van der Waals surface area contributed by atoms with Crippen LogP contribution in [0.3, 0.4) is 0 Å². The average molecular weight is 380 g/mol. The molecule has 0 aromatic heterocycles. The molecule has 0 aromatic carbocycles. The molecule has 0 spiro atoms. The summed E-state index contributed by atoms with van der Waals surface area (Å²) in [6, 6.07) is -0.461. The first kappa shape index (κ1) is 28.6. The third-order valence-electron chi connectivity index (χ3n) is 5.27. The number of esters is 1. The maximum atomic E-state index is 11.7. The Morgan fingerprint density at radius 1 is 0.769 bits per heavy atom. The standard InChI is InChI=1S/C22H45NO2.Na.H/c1-4-6-7-8-9-10-11-12-13-14-15-16-17-18-19-25-22(24)21(23)20(3)5-2;;/h20-21H,4-19,23H2,1-3H3;;/t20-,21-;;/m0../s1. The van der Waals surface area contributed by atoms with E-state index in [1.54, 1.807) is 0 Å². The van der Waals surface area contributed by atoms with Crippen LogP contribution in [0.15, 0.2) is 0 Å². The second kappa shape index (κ2) is 21.7. The Kier molecular flexibility index (Phi) is 23.9. The molecule has 2 atom stereocenters. The first-order chi connectivity index (χ1) is 12.1. The molecule has 26 heavy (non-hydrogen) atoms. The van der Waals surface area contributed by atoms with Crippen LogP contribution in [0.5, 0.6) is 0 Å². The molecule has 0 amide bonds. The van der Waals surface area contributed by atoms with Crippen molar-refractivity contribution in [2.75, 3.05) is 6.61 Å². The van der Waals surface area contributed by atoms with Gasteiger partial charge in [0.25, 0.3) is 0 Å². The predicted molar refractivity (Wildman–Crippen MR) is 116 cm³/mol. The van der Waals surface area contributed by atoms with Crippen molar-refractivity contribution in [1.29, 1.82) is 0 Å². The zero-order valence-electron chi connectivity index (χ0n) is 17.4. The van der Waals surface area contributed by atoms with Crippen LogP contribution in [-0.4, -0.2) is 48.2 Å². The number of carbonyl (C=O) groups excluding carboxylic acids is 1. The summed E-state index contributed by atoms with van der Waals surface area (Å²) in [6.07, 6.45) is 19.6. The Hall–Kier alpha value is 0.430. The number of rotatable bonds is 18.